The highest BCUT2D eigenvalue weighted by Crippen LogP contribution is 2.31. The van der Waals surface area contributed by atoms with E-state index in [0.717, 1.165) is 48.3 Å². The molecule has 1 fully saturated rings. The number of piperazine rings is 1. The lowest BCUT2D eigenvalue weighted by Gasteiger charge is -2.36. The molecule has 3 heterocycles. The van der Waals surface area contributed by atoms with Crippen LogP contribution in [0.25, 0.3) is 10.7 Å². The molecule has 6 heteroatoms. The van der Waals surface area contributed by atoms with Crippen molar-refractivity contribution in [1.82, 2.24) is 20.2 Å². The number of hydrogen-bond acceptors (Lipinski definition) is 6. The van der Waals surface area contributed by atoms with Crippen LogP contribution in [0.1, 0.15) is 17.3 Å². The summed E-state index contributed by atoms with van der Waals surface area (Å²) in [5.41, 5.74) is 3.25. The van der Waals surface area contributed by atoms with Crippen LogP contribution in [0.15, 0.2) is 54.0 Å². The molecular formula is C20H22N4OS. The van der Waals surface area contributed by atoms with Gasteiger partial charge < -0.3 is 10.1 Å². The maximum absolute atomic E-state index is 5.58. The van der Waals surface area contributed by atoms with Crippen LogP contribution in [0.2, 0.25) is 0 Å². The van der Waals surface area contributed by atoms with Crippen molar-refractivity contribution >= 4 is 11.3 Å². The number of nitrogens with zero attached hydrogens (tertiary/aromatic N) is 3. The number of para-hydroxylation sites is 1. The zero-order valence-electron chi connectivity index (χ0n) is 14.8. The highest BCUT2D eigenvalue weighted by atomic mass is 32.1. The summed E-state index contributed by atoms with van der Waals surface area (Å²) in [6, 6.07) is 14.5. The first kappa shape index (κ1) is 17.1. The van der Waals surface area contributed by atoms with Crippen LogP contribution >= 0.6 is 11.3 Å². The Bertz CT molecular complexity index is 852. The highest BCUT2D eigenvalue weighted by Gasteiger charge is 2.26. The van der Waals surface area contributed by atoms with E-state index in [-0.39, 0.29) is 6.04 Å². The average Bonchev–Trinajstić information content (AvgIpc) is 3.18. The smallest absolute Gasteiger partial charge is 0.142 e. The van der Waals surface area contributed by atoms with Crippen molar-refractivity contribution in [2.75, 3.05) is 26.7 Å². The molecular weight excluding hydrogens is 344 g/mol. The monoisotopic (exact) mass is 366 g/mol. The molecule has 1 aliphatic heterocycles. The van der Waals surface area contributed by atoms with Gasteiger partial charge in [-0.15, -0.1) is 11.3 Å². The first-order valence-corrected chi connectivity index (χ1v) is 9.66. The van der Waals surface area contributed by atoms with Crippen molar-refractivity contribution in [1.29, 1.82) is 0 Å². The van der Waals surface area contributed by atoms with Crippen molar-refractivity contribution in [3.05, 3.63) is 65.3 Å². The molecule has 0 bridgehead atoms. The van der Waals surface area contributed by atoms with E-state index in [1.807, 2.05) is 36.5 Å². The Morgan fingerprint density at radius 3 is 2.96 bits per heavy atom. The molecule has 0 spiro atoms. The first-order chi connectivity index (χ1) is 12.8. The van der Waals surface area contributed by atoms with Gasteiger partial charge in [0, 0.05) is 43.3 Å². The van der Waals surface area contributed by atoms with Crippen LogP contribution in [-0.2, 0) is 6.54 Å². The Balaban J connectivity index is 1.55. The predicted octanol–water partition coefficient (Wildman–Crippen LogP) is 3.36. The number of ether oxygens (including phenoxy) is 1. The predicted molar refractivity (Wildman–Crippen MR) is 104 cm³/mol. The minimum atomic E-state index is 0.278. The lowest BCUT2D eigenvalue weighted by atomic mass is 10.0. The van der Waals surface area contributed by atoms with E-state index in [0.29, 0.717) is 0 Å². The van der Waals surface area contributed by atoms with Crippen molar-refractivity contribution in [3.63, 3.8) is 0 Å². The zero-order valence-corrected chi connectivity index (χ0v) is 15.6. The number of nitrogens with one attached hydrogen (secondary N) is 1. The third-order valence-electron chi connectivity index (χ3n) is 4.65. The molecule has 1 saturated heterocycles. The molecule has 1 unspecified atom stereocenters. The number of benzene rings is 1. The van der Waals surface area contributed by atoms with Crippen LogP contribution in [0.3, 0.4) is 0 Å². The summed E-state index contributed by atoms with van der Waals surface area (Å²) in [7, 11) is 1.74. The van der Waals surface area contributed by atoms with Gasteiger partial charge >= 0.3 is 0 Å². The second kappa shape index (κ2) is 7.95. The highest BCUT2D eigenvalue weighted by molar-refractivity contribution is 7.13. The molecule has 0 aliphatic carbocycles. The molecule has 1 aliphatic rings. The van der Waals surface area contributed by atoms with Gasteiger partial charge in [0.15, 0.2) is 0 Å². The fourth-order valence-corrected chi connectivity index (χ4v) is 4.16. The van der Waals surface area contributed by atoms with Gasteiger partial charge in [-0.3, -0.25) is 9.88 Å². The van der Waals surface area contributed by atoms with Crippen molar-refractivity contribution in [2.45, 2.75) is 12.6 Å². The molecule has 1 N–H and O–H groups in total. The van der Waals surface area contributed by atoms with Crippen molar-refractivity contribution < 1.29 is 4.74 Å². The van der Waals surface area contributed by atoms with Crippen molar-refractivity contribution in [3.8, 4) is 16.5 Å². The summed E-state index contributed by atoms with van der Waals surface area (Å²) < 4.78 is 5.58. The van der Waals surface area contributed by atoms with Gasteiger partial charge in [0.05, 0.1) is 24.5 Å². The van der Waals surface area contributed by atoms with Crippen LogP contribution < -0.4 is 10.1 Å². The molecule has 1 atom stereocenters. The maximum Gasteiger partial charge on any atom is 0.142 e. The molecule has 2 aromatic heterocycles. The number of thiazole rings is 1. The Morgan fingerprint density at radius 1 is 1.23 bits per heavy atom. The topological polar surface area (TPSA) is 50.3 Å². The Hall–Kier alpha value is -2.28. The van der Waals surface area contributed by atoms with E-state index in [2.05, 4.69) is 32.7 Å². The zero-order chi connectivity index (χ0) is 17.8. The maximum atomic E-state index is 5.58. The van der Waals surface area contributed by atoms with Gasteiger partial charge in [0.25, 0.3) is 0 Å². The number of rotatable bonds is 5. The van der Waals surface area contributed by atoms with Gasteiger partial charge in [-0.1, -0.05) is 24.3 Å². The molecule has 0 radical (unpaired) electrons. The third kappa shape index (κ3) is 3.62. The van der Waals surface area contributed by atoms with Crippen LogP contribution in [-0.4, -0.2) is 41.6 Å². The minimum absolute atomic E-state index is 0.278. The second-order valence-electron chi connectivity index (χ2n) is 6.29. The second-order valence-corrected chi connectivity index (χ2v) is 7.15. The van der Waals surface area contributed by atoms with Gasteiger partial charge in [0.1, 0.15) is 10.8 Å². The summed E-state index contributed by atoms with van der Waals surface area (Å²) >= 11 is 1.66. The summed E-state index contributed by atoms with van der Waals surface area (Å²) in [6.07, 6.45) is 1.81. The largest absolute Gasteiger partial charge is 0.496 e. The van der Waals surface area contributed by atoms with E-state index < -0.39 is 0 Å². The molecule has 26 heavy (non-hydrogen) atoms. The fraction of sp³-hybridized carbons (Fsp3) is 0.300. The van der Waals surface area contributed by atoms with E-state index in [9.17, 15) is 0 Å². The molecule has 134 valence electrons. The quantitative estimate of drug-likeness (QED) is 0.750. The molecule has 1 aromatic carbocycles. The van der Waals surface area contributed by atoms with Crippen molar-refractivity contribution in [2.24, 2.45) is 0 Å². The number of methoxy groups -OCH3 is 1. The Labute approximate surface area is 157 Å². The van der Waals surface area contributed by atoms with Gasteiger partial charge in [-0.05, 0) is 18.2 Å². The summed E-state index contributed by atoms with van der Waals surface area (Å²) in [6.45, 7) is 3.72. The van der Waals surface area contributed by atoms with Crippen LogP contribution in [0.4, 0.5) is 0 Å². The Kier molecular flexibility index (Phi) is 5.24. The summed E-state index contributed by atoms with van der Waals surface area (Å²) in [5, 5.41) is 6.63. The molecule has 5 nitrogen and oxygen atoms in total. The molecule has 0 saturated carbocycles. The minimum Gasteiger partial charge on any atom is -0.496 e. The molecule has 0 amide bonds. The lowest BCUT2D eigenvalue weighted by molar-refractivity contribution is 0.149. The summed E-state index contributed by atoms with van der Waals surface area (Å²) in [4.78, 5) is 11.7. The standard InChI is InChI=1S/C20H22N4OS/c1-25-19-8-3-2-6-16(19)18-12-21-10-11-24(18)13-15-14-26-20(23-15)17-7-4-5-9-22-17/h2-9,14,18,21H,10-13H2,1H3. The Morgan fingerprint density at radius 2 is 2.12 bits per heavy atom. The van der Waals surface area contributed by atoms with Gasteiger partial charge in [-0.25, -0.2) is 4.98 Å². The van der Waals surface area contributed by atoms with E-state index in [1.165, 1.54) is 5.56 Å². The molecule has 3 aromatic rings. The van der Waals surface area contributed by atoms with Gasteiger partial charge in [-0.2, -0.15) is 0 Å². The number of hydrogen-bond donors (Lipinski definition) is 1. The SMILES string of the molecule is COc1ccccc1C1CNCCN1Cc1csc(-c2ccccn2)n1. The third-order valence-corrected chi connectivity index (χ3v) is 5.57. The van der Waals surface area contributed by atoms with Gasteiger partial charge in [0.2, 0.25) is 0 Å². The normalized spacial score (nSPS) is 18.0. The van der Waals surface area contributed by atoms with Crippen LogP contribution in [0, 0.1) is 0 Å². The van der Waals surface area contributed by atoms with E-state index >= 15 is 0 Å². The number of pyridine rings is 1. The molecule has 4 rings (SSSR count). The lowest BCUT2D eigenvalue weighted by Crippen LogP contribution is -2.45. The van der Waals surface area contributed by atoms with Crippen LogP contribution in [0.5, 0.6) is 5.75 Å². The van der Waals surface area contributed by atoms with E-state index in [4.69, 9.17) is 9.72 Å². The average molecular weight is 366 g/mol. The first-order valence-electron chi connectivity index (χ1n) is 8.78. The fourth-order valence-electron chi connectivity index (χ4n) is 3.38. The van der Waals surface area contributed by atoms with E-state index in [1.54, 1.807) is 18.4 Å². The number of aromatic nitrogens is 2. The summed E-state index contributed by atoms with van der Waals surface area (Å²) in [5.74, 6) is 0.943.